The van der Waals surface area contributed by atoms with Gasteiger partial charge in [0.25, 0.3) is 0 Å². The molecule has 2 rings (SSSR count). The molecule has 0 aromatic heterocycles. The van der Waals surface area contributed by atoms with Gasteiger partial charge in [0, 0.05) is 12.6 Å². The molecule has 2 aromatic carbocycles. The first-order valence-corrected chi connectivity index (χ1v) is 8.95. The van der Waals surface area contributed by atoms with Crippen LogP contribution in [0.15, 0.2) is 47.4 Å². The minimum absolute atomic E-state index is 0.00558. The van der Waals surface area contributed by atoms with E-state index in [9.17, 15) is 17.2 Å². The highest BCUT2D eigenvalue weighted by atomic mass is 32.2. The van der Waals surface area contributed by atoms with Crippen molar-refractivity contribution in [3.63, 3.8) is 0 Å². The first-order valence-electron chi connectivity index (χ1n) is 7.47. The maximum absolute atomic E-state index is 13.0. The predicted octanol–water partition coefficient (Wildman–Crippen LogP) is 3.45. The molecule has 1 N–H and O–H groups in total. The lowest BCUT2D eigenvalue weighted by atomic mass is 10.0. The van der Waals surface area contributed by atoms with Crippen molar-refractivity contribution in [3.05, 3.63) is 59.7 Å². The number of ether oxygens (including phenoxy) is 1. The molecule has 130 valence electrons. The van der Waals surface area contributed by atoms with Crippen molar-refractivity contribution >= 4 is 10.0 Å². The molecule has 0 spiro atoms. The van der Waals surface area contributed by atoms with Gasteiger partial charge in [0.05, 0.1) is 4.90 Å². The molecule has 2 aromatic rings. The summed E-state index contributed by atoms with van der Waals surface area (Å²) in [4.78, 5) is 0.166. The summed E-state index contributed by atoms with van der Waals surface area (Å²) in [5.41, 5.74) is 1.05. The second-order valence-corrected chi connectivity index (χ2v) is 7.31. The van der Waals surface area contributed by atoms with E-state index in [1.807, 2.05) is 13.8 Å². The van der Waals surface area contributed by atoms with Crippen molar-refractivity contribution in [2.75, 3.05) is 13.2 Å². The number of halogens is 2. The molecule has 24 heavy (non-hydrogen) atoms. The molecule has 0 saturated carbocycles. The predicted molar refractivity (Wildman–Crippen MR) is 87.6 cm³/mol. The molecule has 0 aliphatic heterocycles. The molecular formula is C17H19F2NO3S. The van der Waals surface area contributed by atoms with E-state index in [0.717, 1.165) is 17.7 Å². The van der Waals surface area contributed by atoms with Crippen molar-refractivity contribution < 1.29 is 21.9 Å². The summed E-state index contributed by atoms with van der Waals surface area (Å²) < 4.78 is 57.7. The zero-order chi connectivity index (χ0) is 17.7. The Morgan fingerprint density at radius 1 is 1.04 bits per heavy atom. The quantitative estimate of drug-likeness (QED) is 0.774. The molecule has 0 unspecified atom stereocenters. The zero-order valence-electron chi connectivity index (χ0n) is 13.4. The summed E-state index contributed by atoms with van der Waals surface area (Å²) in [6.45, 7) is 4.05. The third kappa shape index (κ3) is 4.75. The van der Waals surface area contributed by atoms with Crippen LogP contribution in [0, 0.1) is 11.6 Å². The third-order valence-corrected chi connectivity index (χ3v) is 4.89. The molecule has 0 fully saturated rings. The van der Waals surface area contributed by atoms with Crippen LogP contribution >= 0.6 is 0 Å². The summed E-state index contributed by atoms with van der Waals surface area (Å²) in [7, 11) is -3.64. The van der Waals surface area contributed by atoms with E-state index in [1.54, 1.807) is 24.3 Å². The van der Waals surface area contributed by atoms with Crippen molar-refractivity contribution in [2.24, 2.45) is 0 Å². The van der Waals surface area contributed by atoms with Gasteiger partial charge in [-0.25, -0.2) is 21.9 Å². The van der Waals surface area contributed by atoms with Gasteiger partial charge in [0.15, 0.2) is 11.6 Å². The Kier molecular flexibility index (Phi) is 5.90. The molecule has 0 aliphatic carbocycles. The van der Waals surface area contributed by atoms with Gasteiger partial charge in [-0.3, -0.25) is 0 Å². The van der Waals surface area contributed by atoms with Crippen molar-refractivity contribution in [3.8, 4) is 5.75 Å². The first-order chi connectivity index (χ1) is 11.3. The van der Waals surface area contributed by atoms with Crippen LogP contribution < -0.4 is 9.46 Å². The summed E-state index contributed by atoms with van der Waals surface area (Å²) in [6.07, 6.45) is 0. The Hall–Kier alpha value is -1.99. The van der Waals surface area contributed by atoms with E-state index < -0.39 is 21.7 Å². The lowest BCUT2D eigenvalue weighted by Crippen LogP contribution is -2.28. The fraction of sp³-hybridized carbons (Fsp3) is 0.294. The molecule has 0 saturated heterocycles. The summed E-state index contributed by atoms with van der Waals surface area (Å²) in [6, 6.07) is 9.78. The van der Waals surface area contributed by atoms with E-state index in [-0.39, 0.29) is 23.8 Å². The molecule has 0 heterocycles. The Morgan fingerprint density at radius 2 is 1.71 bits per heavy atom. The Morgan fingerprint density at radius 3 is 2.29 bits per heavy atom. The average molecular weight is 355 g/mol. The van der Waals surface area contributed by atoms with E-state index in [1.165, 1.54) is 6.07 Å². The van der Waals surface area contributed by atoms with Gasteiger partial charge < -0.3 is 4.74 Å². The second kappa shape index (κ2) is 7.72. The molecule has 7 heteroatoms. The van der Waals surface area contributed by atoms with E-state index in [2.05, 4.69) is 4.72 Å². The molecule has 0 aliphatic rings. The first kappa shape index (κ1) is 18.4. The van der Waals surface area contributed by atoms with E-state index in [4.69, 9.17) is 4.74 Å². The van der Waals surface area contributed by atoms with Gasteiger partial charge in [-0.2, -0.15) is 0 Å². The van der Waals surface area contributed by atoms with Gasteiger partial charge in [0.2, 0.25) is 10.0 Å². The lowest BCUT2D eigenvalue weighted by molar-refractivity contribution is 0.319. The van der Waals surface area contributed by atoms with E-state index in [0.29, 0.717) is 5.92 Å². The largest absolute Gasteiger partial charge is 0.492 e. The maximum atomic E-state index is 13.0. The molecule has 0 amide bonds. The second-order valence-electron chi connectivity index (χ2n) is 5.55. The van der Waals surface area contributed by atoms with Crippen molar-refractivity contribution in [1.29, 1.82) is 0 Å². The minimum Gasteiger partial charge on any atom is -0.492 e. The van der Waals surface area contributed by atoms with E-state index >= 15 is 0 Å². The van der Waals surface area contributed by atoms with Gasteiger partial charge in [0.1, 0.15) is 12.4 Å². The van der Waals surface area contributed by atoms with Crippen molar-refractivity contribution in [1.82, 2.24) is 4.72 Å². The molecule has 0 radical (unpaired) electrons. The standard InChI is InChI=1S/C17H19F2NO3S/c1-12(2)13-3-6-15(7-4-13)24(21,22)20-9-10-23-14-5-8-16(18)17(19)11-14/h3-8,11-12,20H,9-10H2,1-2H3. The van der Waals surface area contributed by atoms with Crippen LogP contribution in [0.5, 0.6) is 5.75 Å². The number of rotatable bonds is 7. The number of sulfonamides is 1. The van der Waals surface area contributed by atoms with Crippen LogP contribution in [0.4, 0.5) is 8.78 Å². The average Bonchev–Trinajstić information content (AvgIpc) is 2.55. The monoisotopic (exact) mass is 355 g/mol. The van der Waals surface area contributed by atoms with Crippen LogP contribution in [-0.4, -0.2) is 21.6 Å². The number of benzene rings is 2. The van der Waals surface area contributed by atoms with Crippen molar-refractivity contribution in [2.45, 2.75) is 24.7 Å². The third-order valence-electron chi connectivity index (χ3n) is 3.41. The SMILES string of the molecule is CC(C)c1ccc(S(=O)(=O)NCCOc2ccc(F)c(F)c2)cc1. The fourth-order valence-corrected chi connectivity index (χ4v) is 3.04. The highest BCUT2D eigenvalue weighted by Crippen LogP contribution is 2.17. The van der Waals surface area contributed by atoms with Gasteiger partial charge >= 0.3 is 0 Å². The minimum atomic E-state index is -3.64. The number of nitrogens with one attached hydrogen (secondary N) is 1. The van der Waals surface area contributed by atoms with Gasteiger partial charge in [-0.15, -0.1) is 0 Å². The zero-order valence-corrected chi connectivity index (χ0v) is 14.2. The Labute approximate surface area is 140 Å². The molecule has 0 atom stereocenters. The fourth-order valence-electron chi connectivity index (χ4n) is 2.03. The topological polar surface area (TPSA) is 55.4 Å². The van der Waals surface area contributed by atoms with Crippen LogP contribution in [-0.2, 0) is 10.0 Å². The maximum Gasteiger partial charge on any atom is 0.240 e. The summed E-state index contributed by atoms with van der Waals surface area (Å²) in [5, 5.41) is 0. The molecule has 0 bridgehead atoms. The number of hydrogen-bond acceptors (Lipinski definition) is 3. The van der Waals surface area contributed by atoms with Gasteiger partial charge in [-0.05, 0) is 35.7 Å². The lowest BCUT2D eigenvalue weighted by Gasteiger charge is -2.10. The van der Waals surface area contributed by atoms with Crippen LogP contribution in [0.3, 0.4) is 0 Å². The molecule has 4 nitrogen and oxygen atoms in total. The Balaban J connectivity index is 1.89. The summed E-state index contributed by atoms with van der Waals surface area (Å²) >= 11 is 0. The molecular weight excluding hydrogens is 336 g/mol. The normalized spacial score (nSPS) is 11.7. The van der Waals surface area contributed by atoms with Gasteiger partial charge in [-0.1, -0.05) is 26.0 Å². The van der Waals surface area contributed by atoms with Crippen LogP contribution in [0.25, 0.3) is 0 Å². The smallest absolute Gasteiger partial charge is 0.240 e. The summed E-state index contributed by atoms with van der Waals surface area (Å²) in [5.74, 6) is -1.53. The number of hydrogen-bond donors (Lipinski definition) is 1. The Bertz CT molecular complexity index is 790. The van der Waals surface area contributed by atoms with Crippen LogP contribution in [0.2, 0.25) is 0 Å². The highest BCUT2D eigenvalue weighted by Gasteiger charge is 2.13. The highest BCUT2D eigenvalue weighted by molar-refractivity contribution is 7.89. The van der Waals surface area contributed by atoms with Crippen LogP contribution in [0.1, 0.15) is 25.3 Å².